The van der Waals surface area contributed by atoms with Crippen molar-refractivity contribution in [3.05, 3.63) is 42.1 Å². The lowest BCUT2D eigenvalue weighted by atomic mass is 10.0. The van der Waals surface area contributed by atoms with E-state index in [1.54, 1.807) is 18.5 Å². The molecule has 0 unspecified atom stereocenters. The number of ether oxygens (including phenoxy) is 2. The molecule has 10 nitrogen and oxygen atoms in total. The summed E-state index contributed by atoms with van der Waals surface area (Å²) in [5, 5.41) is 12.7. The van der Waals surface area contributed by atoms with Gasteiger partial charge in [0.25, 0.3) is 5.91 Å². The minimum Gasteiger partial charge on any atom is -0.471 e. The van der Waals surface area contributed by atoms with Crippen molar-refractivity contribution < 1.29 is 19.4 Å². The predicted octanol–water partition coefficient (Wildman–Crippen LogP) is 0.721. The van der Waals surface area contributed by atoms with E-state index in [0.717, 1.165) is 5.56 Å². The molecule has 0 radical (unpaired) electrons. The van der Waals surface area contributed by atoms with Crippen LogP contribution in [0.15, 0.2) is 30.7 Å². The van der Waals surface area contributed by atoms with Gasteiger partial charge in [0, 0.05) is 37.1 Å². The number of aromatic nitrogens is 3. The van der Waals surface area contributed by atoms with E-state index in [-0.39, 0.29) is 24.0 Å². The third kappa shape index (κ3) is 4.30. The van der Waals surface area contributed by atoms with Crippen LogP contribution in [0.5, 0.6) is 5.88 Å². The summed E-state index contributed by atoms with van der Waals surface area (Å²) in [6, 6.07) is 3.24. The monoisotopic (exact) mass is 426 g/mol. The van der Waals surface area contributed by atoms with E-state index in [1.807, 2.05) is 24.8 Å². The Labute approximate surface area is 180 Å². The Kier molecular flexibility index (Phi) is 5.75. The van der Waals surface area contributed by atoms with E-state index in [0.29, 0.717) is 43.6 Å². The van der Waals surface area contributed by atoms with Gasteiger partial charge in [0.1, 0.15) is 5.60 Å². The molecular weight excluding hydrogens is 400 g/mol. The lowest BCUT2D eigenvalue weighted by Gasteiger charge is -2.36. The lowest BCUT2D eigenvalue weighted by molar-refractivity contribution is -0.111. The Morgan fingerprint density at radius 2 is 2.19 bits per heavy atom. The summed E-state index contributed by atoms with van der Waals surface area (Å²) in [6.07, 6.45) is 4.93. The number of rotatable bonds is 5. The SMILES string of the molecule is CC1(C)Cc2cc(NC(=O)/C(=C/N)c3ncccn3)c(N3CCOC[C@@H]3CO)nc2O1. The third-order valence-electron chi connectivity index (χ3n) is 5.21. The molecule has 164 valence electrons. The molecule has 2 aliphatic heterocycles. The number of nitrogens with zero attached hydrogens (tertiary/aromatic N) is 4. The summed E-state index contributed by atoms with van der Waals surface area (Å²) in [6.45, 7) is 5.23. The molecule has 0 saturated carbocycles. The molecule has 4 rings (SSSR count). The average Bonchev–Trinajstić information content (AvgIpc) is 3.07. The van der Waals surface area contributed by atoms with E-state index in [2.05, 4.69) is 15.3 Å². The Balaban J connectivity index is 1.71. The van der Waals surface area contributed by atoms with Crippen LogP contribution in [0.4, 0.5) is 11.5 Å². The van der Waals surface area contributed by atoms with Gasteiger partial charge in [0.2, 0.25) is 5.88 Å². The minimum atomic E-state index is -0.455. The molecule has 0 spiro atoms. The van der Waals surface area contributed by atoms with Gasteiger partial charge >= 0.3 is 0 Å². The number of carbonyl (C=O) groups excluding carboxylic acids is 1. The Hall–Kier alpha value is -3.24. The zero-order valence-corrected chi connectivity index (χ0v) is 17.5. The zero-order valence-electron chi connectivity index (χ0n) is 17.5. The zero-order chi connectivity index (χ0) is 22.0. The van der Waals surface area contributed by atoms with Crippen LogP contribution in [-0.2, 0) is 16.0 Å². The molecule has 0 bridgehead atoms. The molecule has 0 aromatic carbocycles. The molecule has 1 atom stereocenters. The number of amides is 1. The summed E-state index contributed by atoms with van der Waals surface area (Å²) < 4.78 is 11.5. The van der Waals surface area contributed by atoms with E-state index >= 15 is 0 Å². The first-order valence-electron chi connectivity index (χ1n) is 10.1. The second-order valence-corrected chi connectivity index (χ2v) is 8.07. The Morgan fingerprint density at radius 1 is 1.42 bits per heavy atom. The van der Waals surface area contributed by atoms with Crippen molar-refractivity contribution in [2.45, 2.75) is 31.9 Å². The van der Waals surface area contributed by atoms with Crippen LogP contribution >= 0.6 is 0 Å². The van der Waals surface area contributed by atoms with Crippen LogP contribution < -0.4 is 20.7 Å². The normalized spacial score (nSPS) is 20.2. The molecule has 2 aliphatic rings. The highest BCUT2D eigenvalue weighted by Gasteiger charge is 2.35. The van der Waals surface area contributed by atoms with Gasteiger partial charge in [-0.25, -0.2) is 9.97 Å². The van der Waals surface area contributed by atoms with Gasteiger partial charge < -0.3 is 30.5 Å². The molecule has 1 saturated heterocycles. The Bertz CT molecular complexity index is 995. The highest BCUT2D eigenvalue weighted by Crippen LogP contribution is 2.39. The number of anilines is 2. The van der Waals surface area contributed by atoms with Gasteiger partial charge in [-0.3, -0.25) is 4.79 Å². The Morgan fingerprint density at radius 3 is 2.90 bits per heavy atom. The number of hydrogen-bond acceptors (Lipinski definition) is 9. The third-order valence-corrected chi connectivity index (χ3v) is 5.21. The smallest absolute Gasteiger partial charge is 0.261 e. The van der Waals surface area contributed by atoms with Crippen LogP contribution in [-0.4, -0.2) is 64.0 Å². The van der Waals surface area contributed by atoms with E-state index in [1.165, 1.54) is 6.20 Å². The fourth-order valence-electron chi connectivity index (χ4n) is 3.78. The number of aliphatic hydroxyl groups is 1. The van der Waals surface area contributed by atoms with Crippen molar-refractivity contribution in [2.75, 3.05) is 36.6 Å². The number of pyridine rings is 1. The largest absolute Gasteiger partial charge is 0.471 e. The maximum absolute atomic E-state index is 13.1. The summed E-state index contributed by atoms with van der Waals surface area (Å²) in [5.74, 6) is 0.811. The standard InChI is InChI=1S/C21H26N6O4/c1-21(2)9-13-8-16(25-19(29)15(10-22)17-23-4-3-5-24-17)18(26-20(13)31-21)27-6-7-30-12-14(27)11-28/h3-5,8,10,14,28H,6-7,9,11-12,22H2,1-2H3,(H,25,29)/b15-10+/t14-/m0/s1. The number of nitrogens with one attached hydrogen (secondary N) is 1. The number of fused-ring (bicyclic) bond motifs is 1. The number of carbonyl (C=O) groups is 1. The fourth-order valence-corrected chi connectivity index (χ4v) is 3.78. The highest BCUT2D eigenvalue weighted by molar-refractivity contribution is 6.24. The van der Waals surface area contributed by atoms with Crippen molar-refractivity contribution in [2.24, 2.45) is 5.73 Å². The summed E-state index contributed by atoms with van der Waals surface area (Å²) in [5.41, 5.74) is 6.86. The predicted molar refractivity (Wildman–Crippen MR) is 115 cm³/mol. The molecule has 4 N–H and O–H groups in total. The highest BCUT2D eigenvalue weighted by atomic mass is 16.5. The van der Waals surface area contributed by atoms with Crippen molar-refractivity contribution in [3.63, 3.8) is 0 Å². The molecule has 1 fully saturated rings. The van der Waals surface area contributed by atoms with Gasteiger partial charge in [0.15, 0.2) is 11.6 Å². The van der Waals surface area contributed by atoms with E-state index < -0.39 is 11.5 Å². The first-order chi connectivity index (χ1) is 14.9. The molecule has 2 aromatic rings. The van der Waals surface area contributed by atoms with Gasteiger partial charge in [-0.05, 0) is 26.0 Å². The molecule has 1 amide bonds. The van der Waals surface area contributed by atoms with Gasteiger partial charge in [-0.15, -0.1) is 0 Å². The average molecular weight is 426 g/mol. The lowest BCUT2D eigenvalue weighted by Crippen LogP contribution is -2.48. The maximum Gasteiger partial charge on any atom is 0.261 e. The van der Waals surface area contributed by atoms with Crippen LogP contribution in [0.25, 0.3) is 5.57 Å². The summed E-state index contributed by atoms with van der Waals surface area (Å²) in [4.78, 5) is 27.9. The molecule has 2 aromatic heterocycles. The first kappa shape index (κ1) is 21.0. The maximum atomic E-state index is 13.1. The second kappa shape index (κ2) is 8.48. The van der Waals surface area contributed by atoms with Gasteiger partial charge in [-0.2, -0.15) is 4.98 Å². The molecule has 31 heavy (non-hydrogen) atoms. The van der Waals surface area contributed by atoms with Crippen molar-refractivity contribution in [1.29, 1.82) is 0 Å². The number of morpholine rings is 1. The number of hydrogen-bond donors (Lipinski definition) is 3. The van der Waals surface area contributed by atoms with Crippen LogP contribution in [0.3, 0.4) is 0 Å². The second-order valence-electron chi connectivity index (χ2n) is 8.07. The molecule has 10 heteroatoms. The van der Waals surface area contributed by atoms with Crippen molar-refractivity contribution >= 4 is 23.0 Å². The molecular formula is C21H26N6O4. The minimum absolute atomic E-state index is 0.107. The van der Waals surface area contributed by atoms with E-state index in [9.17, 15) is 9.90 Å². The van der Waals surface area contributed by atoms with Crippen LogP contribution in [0.2, 0.25) is 0 Å². The van der Waals surface area contributed by atoms with Gasteiger partial charge in [0.05, 0.1) is 37.1 Å². The summed E-state index contributed by atoms with van der Waals surface area (Å²) in [7, 11) is 0. The quantitative estimate of drug-likeness (QED) is 0.591. The van der Waals surface area contributed by atoms with Crippen LogP contribution in [0, 0.1) is 0 Å². The van der Waals surface area contributed by atoms with Crippen LogP contribution in [0.1, 0.15) is 25.2 Å². The summed E-state index contributed by atoms with van der Waals surface area (Å²) >= 11 is 0. The topological polar surface area (TPSA) is 136 Å². The number of aliphatic hydroxyl groups excluding tert-OH is 1. The molecule has 4 heterocycles. The van der Waals surface area contributed by atoms with E-state index in [4.69, 9.17) is 20.2 Å². The van der Waals surface area contributed by atoms with Crippen molar-refractivity contribution in [1.82, 2.24) is 15.0 Å². The van der Waals surface area contributed by atoms with Gasteiger partial charge in [-0.1, -0.05) is 0 Å². The number of nitrogens with two attached hydrogens (primary N) is 1. The fraction of sp³-hybridized carbons (Fsp3) is 0.429. The van der Waals surface area contributed by atoms with Crippen molar-refractivity contribution in [3.8, 4) is 5.88 Å². The first-order valence-corrected chi connectivity index (χ1v) is 10.1. The molecule has 0 aliphatic carbocycles.